The van der Waals surface area contributed by atoms with Crippen molar-refractivity contribution in [2.45, 2.75) is 12.0 Å². The van der Waals surface area contributed by atoms with Gasteiger partial charge in [-0.1, -0.05) is 0 Å². The summed E-state index contributed by atoms with van der Waals surface area (Å²) in [6.45, 7) is 0.275. The molecule has 16 heavy (non-hydrogen) atoms. The summed E-state index contributed by atoms with van der Waals surface area (Å²) in [6.07, 6.45) is 1.46. The molecule has 0 aliphatic carbocycles. The lowest BCUT2D eigenvalue weighted by Gasteiger charge is -2.22. The van der Waals surface area contributed by atoms with E-state index < -0.39 is 17.4 Å². The standard InChI is InChI=1S/C8H10N4O4/c13-6(5-3-9-12-11-5)10-8(7(14)15)1-2-16-4-8/h3H,1-2,4H2,(H,10,13)(H,14,15)(H,9,11,12). The van der Waals surface area contributed by atoms with Crippen molar-refractivity contribution in [2.75, 3.05) is 13.2 Å². The SMILES string of the molecule is O=C(NC1(C(=O)O)CCOC1)c1cn[nH]n1. The Balaban J connectivity index is 2.13. The third-order valence-corrected chi connectivity index (χ3v) is 2.43. The molecular formula is C8H10N4O4. The summed E-state index contributed by atoms with van der Waals surface area (Å²) in [5.41, 5.74) is -1.30. The molecule has 0 saturated carbocycles. The maximum atomic E-state index is 11.6. The molecule has 0 radical (unpaired) electrons. The summed E-state index contributed by atoms with van der Waals surface area (Å²) in [5.74, 6) is -1.69. The first-order chi connectivity index (χ1) is 7.64. The molecule has 1 saturated heterocycles. The molecular weight excluding hydrogens is 216 g/mol. The Kier molecular flexibility index (Phi) is 2.57. The number of aromatic nitrogens is 3. The largest absolute Gasteiger partial charge is 0.479 e. The van der Waals surface area contributed by atoms with Gasteiger partial charge in [-0.05, 0) is 0 Å². The van der Waals surface area contributed by atoms with E-state index in [1.807, 2.05) is 0 Å². The molecule has 1 aromatic rings. The molecule has 8 nitrogen and oxygen atoms in total. The number of carbonyl (C=O) groups is 2. The minimum Gasteiger partial charge on any atom is -0.479 e. The number of rotatable bonds is 3. The molecule has 1 aliphatic rings. The number of carbonyl (C=O) groups excluding carboxylic acids is 1. The molecule has 1 aliphatic heterocycles. The zero-order valence-electron chi connectivity index (χ0n) is 8.27. The van der Waals surface area contributed by atoms with Crippen molar-refractivity contribution in [1.29, 1.82) is 0 Å². The maximum Gasteiger partial charge on any atom is 0.331 e. The van der Waals surface area contributed by atoms with Crippen LogP contribution in [-0.4, -0.2) is 51.1 Å². The van der Waals surface area contributed by atoms with Gasteiger partial charge < -0.3 is 15.2 Å². The van der Waals surface area contributed by atoms with Crippen LogP contribution in [0.2, 0.25) is 0 Å². The highest BCUT2D eigenvalue weighted by Gasteiger charge is 2.44. The average Bonchev–Trinajstić information content (AvgIpc) is 2.88. The molecule has 0 spiro atoms. The van der Waals surface area contributed by atoms with E-state index in [1.165, 1.54) is 6.20 Å². The first-order valence-electron chi connectivity index (χ1n) is 4.63. The van der Waals surface area contributed by atoms with E-state index in [2.05, 4.69) is 20.7 Å². The Morgan fingerprint density at radius 3 is 2.94 bits per heavy atom. The second-order valence-corrected chi connectivity index (χ2v) is 3.50. The quantitative estimate of drug-likeness (QED) is 0.594. The van der Waals surface area contributed by atoms with Crippen molar-refractivity contribution in [3.63, 3.8) is 0 Å². The van der Waals surface area contributed by atoms with Gasteiger partial charge in [-0.25, -0.2) is 4.79 Å². The van der Waals surface area contributed by atoms with Crippen LogP contribution in [-0.2, 0) is 9.53 Å². The first-order valence-corrected chi connectivity index (χ1v) is 4.63. The second-order valence-electron chi connectivity index (χ2n) is 3.50. The smallest absolute Gasteiger partial charge is 0.331 e. The summed E-state index contributed by atoms with van der Waals surface area (Å²) >= 11 is 0. The summed E-state index contributed by atoms with van der Waals surface area (Å²) in [4.78, 5) is 22.7. The number of H-pyrrole nitrogens is 1. The van der Waals surface area contributed by atoms with Crippen LogP contribution in [0, 0.1) is 0 Å². The van der Waals surface area contributed by atoms with E-state index in [0.29, 0.717) is 6.61 Å². The summed E-state index contributed by atoms with van der Waals surface area (Å²) < 4.78 is 5.00. The van der Waals surface area contributed by atoms with E-state index >= 15 is 0 Å². The number of aromatic amines is 1. The Hall–Kier alpha value is -1.96. The van der Waals surface area contributed by atoms with Crippen LogP contribution in [0.5, 0.6) is 0 Å². The molecule has 86 valence electrons. The number of carboxylic acids is 1. The van der Waals surface area contributed by atoms with Crippen molar-refractivity contribution in [2.24, 2.45) is 0 Å². The van der Waals surface area contributed by atoms with Gasteiger partial charge in [0, 0.05) is 13.0 Å². The molecule has 1 aromatic heterocycles. The molecule has 0 aromatic carbocycles. The summed E-state index contributed by atoms with van der Waals surface area (Å²) in [5, 5.41) is 20.8. The fraction of sp³-hybridized carbons (Fsp3) is 0.500. The number of nitrogens with one attached hydrogen (secondary N) is 2. The van der Waals surface area contributed by atoms with Crippen molar-refractivity contribution >= 4 is 11.9 Å². The molecule has 1 atom stereocenters. The fourth-order valence-corrected chi connectivity index (χ4v) is 1.48. The molecule has 1 fully saturated rings. The lowest BCUT2D eigenvalue weighted by Crippen LogP contribution is -2.55. The molecule has 0 bridgehead atoms. The van der Waals surface area contributed by atoms with Gasteiger partial charge in [0.2, 0.25) is 0 Å². The molecule has 8 heteroatoms. The Labute approximate surface area is 90.0 Å². The number of amides is 1. The van der Waals surface area contributed by atoms with Gasteiger partial charge in [0.15, 0.2) is 11.2 Å². The van der Waals surface area contributed by atoms with E-state index in [4.69, 9.17) is 9.84 Å². The molecule has 2 rings (SSSR count). The number of carboxylic acid groups (broad SMARTS) is 1. The van der Waals surface area contributed by atoms with Gasteiger partial charge in [-0.3, -0.25) is 4.79 Å². The highest BCUT2D eigenvalue weighted by atomic mass is 16.5. The summed E-state index contributed by atoms with van der Waals surface area (Å²) in [6, 6.07) is 0. The lowest BCUT2D eigenvalue weighted by molar-refractivity contribution is -0.144. The lowest BCUT2D eigenvalue weighted by atomic mass is 9.99. The molecule has 3 N–H and O–H groups in total. The topological polar surface area (TPSA) is 117 Å². The Bertz CT molecular complexity index is 396. The minimum absolute atomic E-state index is 0.0358. The van der Waals surface area contributed by atoms with Gasteiger partial charge in [0.25, 0.3) is 5.91 Å². The molecule has 1 unspecified atom stereocenters. The maximum absolute atomic E-state index is 11.6. The van der Waals surface area contributed by atoms with Crippen molar-refractivity contribution in [1.82, 2.24) is 20.7 Å². The van der Waals surface area contributed by atoms with E-state index in [1.54, 1.807) is 0 Å². The van der Waals surface area contributed by atoms with Crippen LogP contribution < -0.4 is 5.32 Å². The monoisotopic (exact) mass is 226 g/mol. The van der Waals surface area contributed by atoms with Gasteiger partial charge in [0.1, 0.15) is 0 Å². The van der Waals surface area contributed by atoms with E-state index in [-0.39, 0.29) is 18.7 Å². The molecule has 2 heterocycles. The highest BCUT2D eigenvalue weighted by Crippen LogP contribution is 2.19. The van der Waals surface area contributed by atoms with E-state index in [0.717, 1.165) is 0 Å². The normalized spacial score (nSPS) is 24.2. The van der Waals surface area contributed by atoms with Crippen LogP contribution >= 0.6 is 0 Å². The third-order valence-electron chi connectivity index (χ3n) is 2.43. The zero-order chi connectivity index (χ0) is 11.6. The number of ether oxygens (including phenoxy) is 1. The van der Waals surface area contributed by atoms with E-state index in [9.17, 15) is 9.59 Å². The Morgan fingerprint density at radius 2 is 2.44 bits per heavy atom. The van der Waals surface area contributed by atoms with Gasteiger partial charge in [-0.15, -0.1) is 0 Å². The average molecular weight is 226 g/mol. The van der Waals surface area contributed by atoms with Gasteiger partial charge in [-0.2, -0.15) is 15.4 Å². The van der Waals surface area contributed by atoms with Crippen LogP contribution in [0.1, 0.15) is 16.9 Å². The van der Waals surface area contributed by atoms with Gasteiger partial charge >= 0.3 is 5.97 Å². The van der Waals surface area contributed by atoms with Crippen LogP contribution in [0.3, 0.4) is 0 Å². The molecule has 1 amide bonds. The van der Waals surface area contributed by atoms with Crippen molar-refractivity contribution in [3.8, 4) is 0 Å². The van der Waals surface area contributed by atoms with Crippen LogP contribution in [0.4, 0.5) is 0 Å². The minimum atomic E-state index is -1.35. The van der Waals surface area contributed by atoms with Crippen LogP contribution in [0.15, 0.2) is 6.20 Å². The number of aliphatic carboxylic acids is 1. The summed E-state index contributed by atoms with van der Waals surface area (Å²) in [7, 11) is 0. The van der Waals surface area contributed by atoms with Crippen molar-refractivity contribution in [3.05, 3.63) is 11.9 Å². The Morgan fingerprint density at radius 1 is 1.62 bits per heavy atom. The first kappa shape index (κ1) is 10.6. The fourth-order valence-electron chi connectivity index (χ4n) is 1.48. The predicted octanol–water partition coefficient (Wildman–Crippen LogP) is -1.22. The van der Waals surface area contributed by atoms with Gasteiger partial charge in [0.05, 0.1) is 12.8 Å². The highest BCUT2D eigenvalue weighted by molar-refractivity contribution is 5.96. The zero-order valence-corrected chi connectivity index (χ0v) is 8.27. The number of hydrogen-bond acceptors (Lipinski definition) is 5. The number of nitrogens with zero attached hydrogens (tertiary/aromatic N) is 2. The predicted molar refractivity (Wildman–Crippen MR) is 49.7 cm³/mol. The second kappa shape index (κ2) is 3.89. The third kappa shape index (κ3) is 1.74. The van der Waals surface area contributed by atoms with Crippen LogP contribution in [0.25, 0.3) is 0 Å². The number of hydrogen-bond donors (Lipinski definition) is 3. The van der Waals surface area contributed by atoms with Crippen molar-refractivity contribution < 1.29 is 19.4 Å².